The molecule has 8 nitrogen and oxygen atoms in total. The van der Waals surface area contributed by atoms with Gasteiger partial charge in [0.15, 0.2) is 11.5 Å². The summed E-state index contributed by atoms with van der Waals surface area (Å²) in [6.07, 6.45) is 1.74. The molecule has 1 aliphatic rings. The molecule has 1 aromatic heterocycles. The second-order valence-corrected chi connectivity index (χ2v) is 10.0. The van der Waals surface area contributed by atoms with Gasteiger partial charge < -0.3 is 19.5 Å². The number of anilines is 1. The van der Waals surface area contributed by atoms with Crippen LogP contribution in [0.4, 0.5) is 5.95 Å². The van der Waals surface area contributed by atoms with Crippen molar-refractivity contribution in [1.29, 1.82) is 0 Å². The maximum atomic E-state index is 13.2. The van der Waals surface area contributed by atoms with Crippen molar-refractivity contribution in [2.75, 3.05) is 24.8 Å². The van der Waals surface area contributed by atoms with Crippen LogP contribution in [-0.2, 0) is 16.1 Å². The molecule has 37 heavy (non-hydrogen) atoms. The van der Waals surface area contributed by atoms with Gasteiger partial charge in [0.1, 0.15) is 12.6 Å². The first-order valence-electron chi connectivity index (χ1n) is 12.2. The first-order chi connectivity index (χ1) is 17.9. The normalized spacial score (nSPS) is 14.7. The number of ether oxygens (including phenoxy) is 3. The van der Waals surface area contributed by atoms with Crippen molar-refractivity contribution in [1.82, 2.24) is 14.8 Å². The lowest BCUT2D eigenvalue weighted by molar-refractivity contribution is -0.139. The highest BCUT2D eigenvalue weighted by Crippen LogP contribution is 2.40. The fourth-order valence-electron chi connectivity index (χ4n) is 3.95. The van der Waals surface area contributed by atoms with Gasteiger partial charge in [-0.15, -0.1) is 5.10 Å². The van der Waals surface area contributed by atoms with Crippen molar-refractivity contribution in [2.24, 2.45) is 0 Å². The first kappa shape index (κ1) is 26.9. The van der Waals surface area contributed by atoms with Crippen molar-refractivity contribution in [2.45, 2.75) is 51.4 Å². The number of thioether (sulfide) groups is 1. The number of fused-ring (bicyclic) bond motifs is 1. The lowest BCUT2D eigenvalue weighted by Crippen LogP contribution is -2.29. The van der Waals surface area contributed by atoms with Gasteiger partial charge in [-0.3, -0.25) is 0 Å². The van der Waals surface area contributed by atoms with E-state index in [0.29, 0.717) is 52.1 Å². The molecule has 0 amide bonds. The van der Waals surface area contributed by atoms with E-state index in [1.54, 1.807) is 23.6 Å². The van der Waals surface area contributed by atoms with E-state index in [-0.39, 0.29) is 5.97 Å². The number of rotatable bonds is 11. The zero-order valence-corrected chi connectivity index (χ0v) is 23.0. The number of hydrogen-bond acceptors (Lipinski definition) is 8. The predicted octanol–water partition coefficient (Wildman–Crippen LogP) is 6.26. The Hall–Kier alpha value is -3.17. The average Bonchev–Trinajstić information content (AvgIpc) is 3.31. The number of esters is 1. The number of benzene rings is 2. The molecule has 10 heteroatoms. The van der Waals surface area contributed by atoms with E-state index in [0.717, 1.165) is 29.7 Å². The standard InChI is InChI=1S/C27H31ClN4O4S/c1-5-13-35-25(33)23-17(3)29-26-30-27(37-14-6-2)31-32(26)24(23)19-9-12-21(22(15-19)34-4)36-16-18-7-10-20(28)11-8-18/h7-12,15,24H,5-6,13-14,16H2,1-4H3,(H,29,30,31). The quantitative estimate of drug-likeness (QED) is 0.224. The van der Waals surface area contributed by atoms with E-state index in [2.05, 4.69) is 17.2 Å². The lowest BCUT2D eigenvalue weighted by atomic mass is 9.95. The molecule has 0 spiro atoms. The van der Waals surface area contributed by atoms with Crippen LogP contribution in [-0.4, -0.2) is 40.2 Å². The van der Waals surface area contributed by atoms with Crippen LogP contribution in [0.25, 0.3) is 0 Å². The van der Waals surface area contributed by atoms with Crippen LogP contribution in [0.3, 0.4) is 0 Å². The summed E-state index contributed by atoms with van der Waals surface area (Å²) in [6.45, 7) is 6.63. The van der Waals surface area contributed by atoms with Gasteiger partial charge in [0, 0.05) is 16.5 Å². The molecule has 0 bridgehead atoms. The zero-order chi connectivity index (χ0) is 26.4. The minimum Gasteiger partial charge on any atom is -0.493 e. The third kappa shape index (κ3) is 6.22. The van der Waals surface area contributed by atoms with E-state index in [9.17, 15) is 4.79 Å². The van der Waals surface area contributed by atoms with Crippen molar-refractivity contribution in [3.8, 4) is 11.5 Å². The second kappa shape index (κ2) is 12.4. The molecule has 1 atom stereocenters. The van der Waals surface area contributed by atoms with Crippen LogP contribution in [0.2, 0.25) is 5.02 Å². The Kier molecular flexibility index (Phi) is 9.00. The van der Waals surface area contributed by atoms with Crippen molar-refractivity contribution < 1.29 is 19.0 Å². The van der Waals surface area contributed by atoms with Crippen LogP contribution in [0.15, 0.2) is 58.9 Å². The summed E-state index contributed by atoms with van der Waals surface area (Å²) in [5, 5.41) is 9.30. The summed E-state index contributed by atoms with van der Waals surface area (Å²) in [4.78, 5) is 17.8. The van der Waals surface area contributed by atoms with E-state index < -0.39 is 6.04 Å². The third-order valence-corrected chi connectivity index (χ3v) is 7.03. The second-order valence-electron chi connectivity index (χ2n) is 8.54. The van der Waals surface area contributed by atoms with E-state index in [1.165, 1.54) is 0 Å². The minimum atomic E-state index is -0.539. The molecule has 2 aromatic carbocycles. The monoisotopic (exact) mass is 542 g/mol. The largest absolute Gasteiger partial charge is 0.493 e. The number of halogens is 1. The van der Waals surface area contributed by atoms with E-state index >= 15 is 0 Å². The SMILES string of the molecule is CCCOC(=O)C1=C(C)Nc2nc(SCCC)nn2C1c1ccc(OCc2ccc(Cl)cc2)c(OC)c1. The number of nitrogens with zero attached hydrogens (tertiary/aromatic N) is 3. The molecule has 1 N–H and O–H groups in total. The molecule has 0 radical (unpaired) electrons. The average molecular weight is 543 g/mol. The fraction of sp³-hybridized carbons (Fsp3) is 0.370. The van der Waals surface area contributed by atoms with Gasteiger partial charge in [-0.25, -0.2) is 9.48 Å². The van der Waals surface area contributed by atoms with Crippen molar-refractivity contribution in [3.63, 3.8) is 0 Å². The van der Waals surface area contributed by atoms with Gasteiger partial charge in [-0.05, 0) is 55.2 Å². The lowest BCUT2D eigenvalue weighted by Gasteiger charge is -2.28. The molecule has 2 heterocycles. The minimum absolute atomic E-state index is 0.338. The van der Waals surface area contributed by atoms with Crippen LogP contribution >= 0.6 is 23.4 Å². The zero-order valence-electron chi connectivity index (χ0n) is 21.4. The topological polar surface area (TPSA) is 87.5 Å². The maximum absolute atomic E-state index is 13.2. The highest BCUT2D eigenvalue weighted by Gasteiger charge is 2.35. The smallest absolute Gasteiger partial charge is 0.338 e. The number of carbonyl (C=O) groups excluding carboxylic acids is 1. The first-order valence-corrected chi connectivity index (χ1v) is 13.6. The van der Waals surface area contributed by atoms with Gasteiger partial charge >= 0.3 is 5.97 Å². The maximum Gasteiger partial charge on any atom is 0.338 e. The Labute approximate surface area is 226 Å². The highest BCUT2D eigenvalue weighted by molar-refractivity contribution is 7.99. The molecule has 1 aliphatic heterocycles. The molecule has 4 rings (SSSR count). The predicted molar refractivity (Wildman–Crippen MR) is 146 cm³/mol. The summed E-state index contributed by atoms with van der Waals surface area (Å²) in [7, 11) is 1.59. The molecule has 196 valence electrons. The van der Waals surface area contributed by atoms with Crippen molar-refractivity contribution >= 4 is 35.3 Å². The molecular weight excluding hydrogens is 512 g/mol. The van der Waals surface area contributed by atoms with Crippen LogP contribution < -0.4 is 14.8 Å². The Morgan fingerprint density at radius 3 is 2.62 bits per heavy atom. The number of aromatic nitrogens is 3. The Balaban J connectivity index is 1.69. The van der Waals surface area contributed by atoms with Gasteiger partial charge in [0.2, 0.25) is 11.1 Å². The third-order valence-electron chi connectivity index (χ3n) is 5.74. The summed E-state index contributed by atoms with van der Waals surface area (Å²) in [5.74, 6) is 2.23. The molecule has 0 aliphatic carbocycles. The highest BCUT2D eigenvalue weighted by atomic mass is 35.5. The molecular formula is C27H31ClN4O4S. The van der Waals surface area contributed by atoms with Crippen LogP contribution in [0.5, 0.6) is 11.5 Å². The number of carbonyl (C=O) groups is 1. The fourth-order valence-corrected chi connectivity index (χ4v) is 4.76. The number of hydrogen-bond donors (Lipinski definition) is 1. The summed E-state index contributed by atoms with van der Waals surface area (Å²) >= 11 is 7.57. The summed E-state index contributed by atoms with van der Waals surface area (Å²) < 4.78 is 19.0. The summed E-state index contributed by atoms with van der Waals surface area (Å²) in [5.41, 5.74) is 2.95. The van der Waals surface area contributed by atoms with Crippen LogP contribution in [0, 0.1) is 0 Å². The Morgan fingerprint density at radius 1 is 1.14 bits per heavy atom. The molecule has 1 unspecified atom stereocenters. The Morgan fingerprint density at radius 2 is 1.92 bits per heavy atom. The number of methoxy groups -OCH3 is 1. The van der Waals surface area contributed by atoms with Gasteiger partial charge in [0.05, 0.1) is 19.3 Å². The molecule has 0 saturated heterocycles. The molecule has 0 fully saturated rings. The van der Waals surface area contributed by atoms with Crippen LogP contribution in [0.1, 0.15) is 50.8 Å². The number of nitrogens with one attached hydrogen (secondary N) is 1. The van der Waals surface area contributed by atoms with Gasteiger partial charge in [-0.2, -0.15) is 4.98 Å². The number of allylic oxidation sites excluding steroid dienone is 1. The van der Waals surface area contributed by atoms with Gasteiger partial charge in [0.25, 0.3) is 0 Å². The molecule has 3 aromatic rings. The van der Waals surface area contributed by atoms with E-state index in [1.807, 2.05) is 56.3 Å². The van der Waals surface area contributed by atoms with E-state index in [4.69, 9.17) is 30.9 Å². The molecule has 0 saturated carbocycles. The van der Waals surface area contributed by atoms with Crippen molar-refractivity contribution in [3.05, 3.63) is 69.9 Å². The Bertz CT molecular complexity index is 1280. The summed E-state index contributed by atoms with van der Waals surface area (Å²) in [6, 6.07) is 12.6. The van der Waals surface area contributed by atoms with Gasteiger partial charge in [-0.1, -0.05) is 55.4 Å².